The number of benzene rings is 2. The molecule has 2 aromatic carbocycles. The van der Waals surface area contributed by atoms with Crippen molar-refractivity contribution in [1.29, 1.82) is 0 Å². The predicted octanol–water partition coefficient (Wildman–Crippen LogP) is 4.60. The summed E-state index contributed by atoms with van der Waals surface area (Å²) in [5.74, 6) is -0.533. The maximum atomic E-state index is 12.6. The first-order valence-electron chi connectivity index (χ1n) is 7.09. The van der Waals surface area contributed by atoms with Gasteiger partial charge in [-0.25, -0.2) is 0 Å². The molecule has 1 heterocycles. The third-order valence-corrected chi connectivity index (χ3v) is 3.83. The molecule has 2 N–H and O–H groups in total. The molecule has 4 nitrogen and oxygen atoms in total. The number of hydrogen-bond donors (Lipinski definition) is 2. The molecule has 0 saturated heterocycles. The average Bonchev–Trinajstić information content (AvgIpc) is 2.54. The molecule has 1 aromatic heterocycles. The fraction of sp³-hybridized carbons (Fsp3) is 0. The van der Waals surface area contributed by atoms with Gasteiger partial charge in [0.15, 0.2) is 0 Å². The molecule has 3 rings (SSSR count). The number of hydrogen-bond acceptors (Lipinski definition) is 2. The van der Waals surface area contributed by atoms with E-state index in [1.807, 2.05) is 30.3 Å². The van der Waals surface area contributed by atoms with Crippen molar-refractivity contribution in [1.82, 2.24) is 4.98 Å². The van der Waals surface area contributed by atoms with E-state index in [0.29, 0.717) is 21.3 Å². The highest BCUT2D eigenvalue weighted by Gasteiger charge is 2.17. The lowest BCUT2D eigenvalue weighted by molar-refractivity contribution is 0.102. The Morgan fingerprint density at radius 2 is 1.62 bits per heavy atom. The standard InChI is InChI=1S/C18H12Cl2N2O2/c19-12-8-13(20)10-14(9-12)22-18(24)16-15(6-7-21-17(16)23)11-4-2-1-3-5-11/h1-10H,(H,21,23)(H,22,24). The maximum Gasteiger partial charge on any atom is 0.261 e. The largest absolute Gasteiger partial charge is 0.328 e. The van der Waals surface area contributed by atoms with Gasteiger partial charge in [0, 0.05) is 27.5 Å². The van der Waals surface area contributed by atoms with Crippen molar-refractivity contribution < 1.29 is 4.79 Å². The molecule has 0 spiro atoms. The van der Waals surface area contributed by atoms with Crippen molar-refractivity contribution in [2.24, 2.45) is 0 Å². The Hall–Kier alpha value is -2.56. The highest BCUT2D eigenvalue weighted by atomic mass is 35.5. The molecule has 0 atom stereocenters. The van der Waals surface area contributed by atoms with Gasteiger partial charge in [-0.2, -0.15) is 0 Å². The fourth-order valence-corrected chi connectivity index (χ4v) is 2.91. The van der Waals surface area contributed by atoms with Crippen LogP contribution in [0.3, 0.4) is 0 Å². The number of aromatic amines is 1. The number of nitrogens with one attached hydrogen (secondary N) is 2. The molecule has 24 heavy (non-hydrogen) atoms. The molecule has 3 aromatic rings. The minimum Gasteiger partial charge on any atom is -0.328 e. The molecule has 1 amide bonds. The number of amides is 1. The first-order valence-corrected chi connectivity index (χ1v) is 7.85. The number of anilines is 1. The number of rotatable bonds is 3. The van der Waals surface area contributed by atoms with E-state index < -0.39 is 11.5 Å². The van der Waals surface area contributed by atoms with E-state index in [9.17, 15) is 9.59 Å². The van der Waals surface area contributed by atoms with E-state index in [1.165, 1.54) is 6.20 Å². The molecule has 0 unspecified atom stereocenters. The Labute approximate surface area is 148 Å². The van der Waals surface area contributed by atoms with E-state index in [2.05, 4.69) is 10.3 Å². The molecule has 0 saturated carbocycles. The van der Waals surface area contributed by atoms with Gasteiger partial charge in [-0.1, -0.05) is 53.5 Å². The normalized spacial score (nSPS) is 10.4. The zero-order valence-electron chi connectivity index (χ0n) is 12.3. The summed E-state index contributed by atoms with van der Waals surface area (Å²) in [4.78, 5) is 27.4. The molecule has 0 aliphatic rings. The van der Waals surface area contributed by atoms with Crippen LogP contribution in [0.5, 0.6) is 0 Å². The van der Waals surface area contributed by atoms with Gasteiger partial charge in [-0.15, -0.1) is 0 Å². The molecular weight excluding hydrogens is 347 g/mol. The van der Waals surface area contributed by atoms with Crippen molar-refractivity contribution in [2.75, 3.05) is 5.32 Å². The summed E-state index contributed by atoms with van der Waals surface area (Å²) in [6.07, 6.45) is 1.51. The second-order valence-electron chi connectivity index (χ2n) is 5.07. The van der Waals surface area contributed by atoms with Gasteiger partial charge in [0.2, 0.25) is 0 Å². The summed E-state index contributed by atoms with van der Waals surface area (Å²) in [6, 6.07) is 15.6. The van der Waals surface area contributed by atoms with Crippen LogP contribution in [-0.2, 0) is 0 Å². The quantitative estimate of drug-likeness (QED) is 0.718. The summed E-state index contributed by atoms with van der Waals surface area (Å²) in [7, 11) is 0. The van der Waals surface area contributed by atoms with E-state index >= 15 is 0 Å². The van der Waals surface area contributed by atoms with E-state index in [0.717, 1.165) is 5.56 Å². The highest BCUT2D eigenvalue weighted by Crippen LogP contribution is 2.25. The smallest absolute Gasteiger partial charge is 0.261 e. The van der Waals surface area contributed by atoms with Crippen LogP contribution in [0.4, 0.5) is 5.69 Å². The zero-order chi connectivity index (χ0) is 17.1. The Balaban J connectivity index is 2.03. The zero-order valence-corrected chi connectivity index (χ0v) is 13.9. The monoisotopic (exact) mass is 358 g/mol. The molecule has 0 fully saturated rings. The maximum absolute atomic E-state index is 12.6. The van der Waals surface area contributed by atoms with Gasteiger partial charge in [-0.3, -0.25) is 9.59 Å². The molecule has 6 heteroatoms. The number of halogens is 2. The van der Waals surface area contributed by atoms with Crippen LogP contribution in [0.1, 0.15) is 10.4 Å². The van der Waals surface area contributed by atoms with Gasteiger partial charge in [0.25, 0.3) is 11.5 Å². The lowest BCUT2D eigenvalue weighted by Gasteiger charge is -2.10. The van der Waals surface area contributed by atoms with E-state index in [4.69, 9.17) is 23.2 Å². The fourth-order valence-electron chi connectivity index (χ4n) is 2.38. The second kappa shape index (κ2) is 6.91. The van der Waals surface area contributed by atoms with Crippen molar-refractivity contribution in [3.63, 3.8) is 0 Å². The number of carbonyl (C=O) groups excluding carboxylic acids is 1. The average molecular weight is 359 g/mol. The molecule has 120 valence electrons. The van der Waals surface area contributed by atoms with E-state index in [1.54, 1.807) is 24.3 Å². The summed E-state index contributed by atoms with van der Waals surface area (Å²) in [5, 5.41) is 3.45. The van der Waals surface area contributed by atoms with Gasteiger partial charge in [0.1, 0.15) is 5.56 Å². The first kappa shape index (κ1) is 16.3. The minimum atomic E-state index is -0.533. The predicted molar refractivity (Wildman–Crippen MR) is 96.9 cm³/mol. The molecular formula is C18H12Cl2N2O2. The lowest BCUT2D eigenvalue weighted by atomic mass is 10.0. The summed E-state index contributed by atoms with van der Waals surface area (Å²) >= 11 is 11.9. The molecule has 0 bridgehead atoms. The van der Waals surface area contributed by atoms with Crippen molar-refractivity contribution >= 4 is 34.8 Å². The first-order chi connectivity index (χ1) is 11.5. The van der Waals surface area contributed by atoms with Crippen molar-refractivity contribution in [2.45, 2.75) is 0 Å². The third-order valence-electron chi connectivity index (χ3n) is 3.39. The van der Waals surface area contributed by atoms with Crippen LogP contribution in [0.2, 0.25) is 10.0 Å². The number of pyridine rings is 1. The van der Waals surface area contributed by atoms with Gasteiger partial charge < -0.3 is 10.3 Å². The topological polar surface area (TPSA) is 62.0 Å². The van der Waals surface area contributed by atoms with Crippen molar-refractivity contribution in [3.8, 4) is 11.1 Å². The minimum absolute atomic E-state index is 0.0276. The Kier molecular flexibility index (Phi) is 4.69. The molecule has 0 radical (unpaired) electrons. The molecule has 0 aliphatic carbocycles. The van der Waals surface area contributed by atoms with Gasteiger partial charge >= 0.3 is 0 Å². The van der Waals surface area contributed by atoms with Gasteiger partial charge in [-0.05, 0) is 29.8 Å². The Morgan fingerprint density at radius 1 is 0.958 bits per heavy atom. The lowest BCUT2D eigenvalue weighted by Crippen LogP contribution is -2.24. The van der Waals surface area contributed by atoms with E-state index in [-0.39, 0.29) is 5.56 Å². The Bertz CT molecular complexity index is 932. The van der Waals surface area contributed by atoms with Crippen LogP contribution in [0.15, 0.2) is 65.6 Å². The van der Waals surface area contributed by atoms with Crippen LogP contribution in [0.25, 0.3) is 11.1 Å². The number of carbonyl (C=O) groups is 1. The summed E-state index contributed by atoms with van der Waals surface area (Å²) < 4.78 is 0. The second-order valence-corrected chi connectivity index (χ2v) is 5.95. The summed E-state index contributed by atoms with van der Waals surface area (Å²) in [6.45, 7) is 0. The number of aromatic nitrogens is 1. The summed E-state index contributed by atoms with van der Waals surface area (Å²) in [5.41, 5.74) is 1.30. The highest BCUT2D eigenvalue weighted by molar-refractivity contribution is 6.35. The van der Waals surface area contributed by atoms with Gasteiger partial charge in [0.05, 0.1) is 0 Å². The SMILES string of the molecule is O=C(Nc1cc(Cl)cc(Cl)c1)c1c(-c2ccccc2)cc[nH]c1=O. The van der Waals surface area contributed by atoms with Crippen LogP contribution < -0.4 is 10.9 Å². The van der Waals surface area contributed by atoms with Crippen LogP contribution in [0, 0.1) is 0 Å². The van der Waals surface area contributed by atoms with Crippen LogP contribution >= 0.6 is 23.2 Å². The van der Waals surface area contributed by atoms with Crippen molar-refractivity contribution in [3.05, 3.63) is 86.8 Å². The third kappa shape index (κ3) is 3.50. The Morgan fingerprint density at radius 3 is 2.29 bits per heavy atom. The molecule has 0 aliphatic heterocycles. The number of H-pyrrole nitrogens is 1. The van der Waals surface area contributed by atoms with Crippen LogP contribution in [-0.4, -0.2) is 10.9 Å².